The van der Waals surface area contributed by atoms with Crippen LogP contribution in [-0.2, 0) is 0 Å². The van der Waals surface area contributed by atoms with Crippen LogP contribution in [0.25, 0.3) is 0 Å². The average molecular weight is 170 g/mol. The van der Waals surface area contributed by atoms with Crippen molar-refractivity contribution in [2.24, 2.45) is 5.73 Å². The Hall–Kier alpha value is -0.490. The summed E-state index contributed by atoms with van der Waals surface area (Å²) in [7, 11) is 2.02. The lowest BCUT2D eigenvalue weighted by Crippen LogP contribution is -2.66. The molecule has 0 aromatic heterocycles. The van der Waals surface area contributed by atoms with Crippen molar-refractivity contribution >= 4 is 6.72 Å². The van der Waals surface area contributed by atoms with E-state index in [4.69, 9.17) is 5.73 Å². The molecule has 68 valence electrons. The molecule has 0 saturated carbocycles. The fourth-order valence-electron chi connectivity index (χ4n) is 1.84. The molecule has 5 heteroatoms. The van der Waals surface area contributed by atoms with E-state index in [9.17, 15) is 0 Å². The average Bonchev–Trinajstić information content (AvgIpc) is 2.41. The van der Waals surface area contributed by atoms with E-state index in [1.807, 2.05) is 11.6 Å². The third kappa shape index (κ3) is 1.06. The summed E-state index contributed by atoms with van der Waals surface area (Å²) in [5, 5.41) is 6.68. The number of hydrogen-bond acceptors (Lipinski definition) is 4. The molecule has 2 saturated heterocycles. The summed E-state index contributed by atoms with van der Waals surface area (Å²) in [4.78, 5) is 2.09. The van der Waals surface area contributed by atoms with E-state index in [1.54, 1.807) is 0 Å². The van der Waals surface area contributed by atoms with Crippen LogP contribution in [0.3, 0.4) is 0 Å². The molecule has 5 nitrogen and oxygen atoms in total. The molecule has 0 aliphatic carbocycles. The molecule has 2 heterocycles. The second-order valence-corrected chi connectivity index (χ2v) is 3.53. The third-order valence-electron chi connectivity index (χ3n) is 2.69. The number of nitrogens with zero attached hydrogens (tertiary/aromatic N) is 2. The van der Waals surface area contributed by atoms with Gasteiger partial charge in [-0.1, -0.05) is 0 Å². The maximum Gasteiger partial charge on any atom is 0.226 e. The standard InChI is InChI=1S/C7H16N5/c1-11-4-10-7-5(6(11)8)9-3-12(7)2/h5-7,9-10H,2-4,8H2,1H3/q+1. The molecule has 3 atom stereocenters. The van der Waals surface area contributed by atoms with Gasteiger partial charge in [-0.3, -0.25) is 4.90 Å². The summed E-state index contributed by atoms with van der Waals surface area (Å²) in [5.74, 6) is 0. The third-order valence-corrected chi connectivity index (χ3v) is 2.69. The summed E-state index contributed by atoms with van der Waals surface area (Å²) < 4.78 is 2.00. The lowest BCUT2D eigenvalue weighted by molar-refractivity contribution is -0.547. The number of rotatable bonds is 0. The van der Waals surface area contributed by atoms with E-state index in [1.165, 1.54) is 0 Å². The van der Waals surface area contributed by atoms with Crippen LogP contribution in [0.2, 0.25) is 0 Å². The first-order valence-corrected chi connectivity index (χ1v) is 4.20. The number of hydrogen-bond donors (Lipinski definition) is 3. The van der Waals surface area contributed by atoms with Crippen molar-refractivity contribution in [3.8, 4) is 0 Å². The van der Waals surface area contributed by atoms with Gasteiger partial charge in [-0.25, -0.2) is 15.2 Å². The second-order valence-electron chi connectivity index (χ2n) is 3.53. The Morgan fingerprint density at radius 1 is 1.58 bits per heavy atom. The van der Waals surface area contributed by atoms with Crippen LogP contribution in [0.15, 0.2) is 0 Å². The monoisotopic (exact) mass is 170 g/mol. The Morgan fingerprint density at radius 2 is 2.33 bits per heavy atom. The van der Waals surface area contributed by atoms with Gasteiger partial charge >= 0.3 is 0 Å². The van der Waals surface area contributed by atoms with Gasteiger partial charge in [0.2, 0.25) is 6.17 Å². The van der Waals surface area contributed by atoms with Crippen LogP contribution < -0.4 is 16.4 Å². The van der Waals surface area contributed by atoms with Crippen molar-refractivity contribution in [2.45, 2.75) is 18.4 Å². The van der Waals surface area contributed by atoms with Gasteiger partial charge in [-0.05, 0) is 7.05 Å². The molecular weight excluding hydrogens is 154 g/mol. The van der Waals surface area contributed by atoms with Crippen molar-refractivity contribution in [3.05, 3.63) is 0 Å². The molecule has 3 unspecified atom stereocenters. The SMILES string of the molecule is C=[N+]1CNC2C(N)N(C)CNC21. The van der Waals surface area contributed by atoms with Crippen molar-refractivity contribution in [2.75, 3.05) is 20.4 Å². The molecule has 12 heavy (non-hydrogen) atoms. The Labute approximate surface area is 72.2 Å². The van der Waals surface area contributed by atoms with Gasteiger partial charge in [0.05, 0.1) is 12.8 Å². The van der Waals surface area contributed by atoms with Gasteiger partial charge in [-0.15, -0.1) is 0 Å². The highest BCUT2D eigenvalue weighted by Crippen LogP contribution is 2.12. The van der Waals surface area contributed by atoms with Crippen molar-refractivity contribution in [3.63, 3.8) is 0 Å². The molecule has 2 rings (SSSR count). The van der Waals surface area contributed by atoms with Crippen molar-refractivity contribution in [1.29, 1.82) is 0 Å². The Kier molecular flexibility index (Phi) is 1.88. The van der Waals surface area contributed by atoms with Crippen LogP contribution >= 0.6 is 0 Å². The normalized spacial score (nSPS) is 43.2. The van der Waals surface area contributed by atoms with E-state index in [2.05, 4.69) is 22.3 Å². The lowest BCUT2D eigenvalue weighted by Gasteiger charge is -2.35. The van der Waals surface area contributed by atoms with E-state index < -0.39 is 0 Å². The first-order valence-electron chi connectivity index (χ1n) is 4.20. The van der Waals surface area contributed by atoms with Crippen LogP contribution in [-0.4, -0.2) is 55.0 Å². The molecule has 0 radical (unpaired) electrons. The summed E-state index contributed by atoms with van der Waals surface area (Å²) in [5.41, 5.74) is 5.99. The Morgan fingerprint density at radius 3 is 3.08 bits per heavy atom. The van der Waals surface area contributed by atoms with Crippen LogP contribution in [0, 0.1) is 0 Å². The fourth-order valence-corrected chi connectivity index (χ4v) is 1.84. The number of nitrogens with two attached hydrogens (primary N) is 1. The van der Waals surface area contributed by atoms with Gasteiger partial charge < -0.3 is 5.73 Å². The Bertz CT molecular complexity index is 204. The molecule has 2 fully saturated rings. The number of fused-ring (bicyclic) bond motifs is 1. The predicted octanol–water partition coefficient (Wildman–Crippen LogP) is -2.27. The van der Waals surface area contributed by atoms with Crippen molar-refractivity contribution < 1.29 is 4.58 Å². The maximum absolute atomic E-state index is 5.99. The zero-order valence-corrected chi connectivity index (χ0v) is 7.33. The molecule has 0 bridgehead atoms. The highest BCUT2D eigenvalue weighted by Gasteiger charge is 2.44. The number of likely N-dealkylation sites (N-methyl/N-ethyl adjacent to an activating group) is 1. The summed E-state index contributed by atoms with van der Waals surface area (Å²) in [6, 6.07) is 0.293. The first-order chi connectivity index (χ1) is 5.70. The van der Waals surface area contributed by atoms with Crippen LogP contribution in [0.5, 0.6) is 0 Å². The number of nitrogens with one attached hydrogen (secondary N) is 2. The summed E-state index contributed by atoms with van der Waals surface area (Å²) in [6.45, 7) is 5.55. The molecule has 0 aromatic rings. The zero-order chi connectivity index (χ0) is 8.72. The fraction of sp³-hybridized carbons (Fsp3) is 0.857. The second kappa shape index (κ2) is 2.77. The molecule has 0 aromatic carbocycles. The van der Waals surface area contributed by atoms with Crippen molar-refractivity contribution in [1.82, 2.24) is 15.5 Å². The predicted molar refractivity (Wildman–Crippen MR) is 46.7 cm³/mol. The summed E-state index contributed by atoms with van der Waals surface area (Å²) >= 11 is 0. The minimum absolute atomic E-state index is 0.0861. The summed E-state index contributed by atoms with van der Waals surface area (Å²) in [6.07, 6.45) is 0.374. The van der Waals surface area contributed by atoms with E-state index in [0.29, 0.717) is 6.04 Å². The quantitative estimate of drug-likeness (QED) is 0.359. The van der Waals surface area contributed by atoms with Gasteiger partial charge in [-0.2, -0.15) is 0 Å². The first kappa shape index (κ1) is 8.12. The molecule has 0 amide bonds. The molecular formula is C7H16N5+. The molecule has 2 aliphatic heterocycles. The van der Waals surface area contributed by atoms with E-state index >= 15 is 0 Å². The van der Waals surface area contributed by atoms with E-state index in [0.717, 1.165) is 13.3 Å². The zero-order valence-electron chi connectivity index (χ0n) is 7.33. The van der Waals surface area contributed by atoms with Gasteiger partial charge in [0, 0.05) is 0 Å². The Balaban J connectivity index is 2.14. The van der Waals surface area contributed by atoms with Crippen LogP contribution in [0.1, 0.15) is 0 Å². The topological polar surface area (TPSA) is 56.3 Å². The highest BCUT2D eigenvalue weighted by molar-refractivity contribution is 5.16. The molecule has 4 N–H and O–H groups in total. The van der Waals surface area contributed by atoms with Gasteiger partial charge in [0.15, 0.2) is 6.67 Å². The van der Waals surface area contributed by atoms with Gasteiger partial charge in [0.1, 0.15) is 12.8 Å². The van der Waals surface area contributed by atoms with E-state index in [-0.39, 0.29) is 12.3 Å². The largest absolute Gasteiger partial charge is 0.314 e. The maximum atomic E-state index is 5.99. The lowest BCUT2D eigenvalue weighted by atomic mass is 10.1. The smallest absolute Gasteiger partial charge is 0.226 e. The highest BCUT2D eigenvalue weighted by atomic mass is 15.4. The molecule has 2 aliphatic rings. The van der Waals surface area contributed by atoms with Crippen LogP contribution in [0.4, 0.5) is 0 Å². The minimum atomic E-state index is 0.0861. The minimum Gasteiger partial charge on any atom is -0.314 e. The molecule has 0 spiro atoms. The van der Waals surface area contributed by atoms with Gasteiger partial charge in [0.25, 0.3) is 0 Å².